The van der Waals surface area contributed by atoms with E-state index < -0.39 is 0 Å². The normalized spacial score (nSPS) is 16.4. The van der Waals surface area contributed by atoms with Crippen LogP contribution in [0.4, 0.5) is 5.69 Å². The second kappa shape index (κ2) is 3.87. The lowest BCUT2D eigenvalue weighted by molar-refractivity contribution is 0.398. The van der Waals surface area contributed by atoms with Gasteiger partial charge >= 0.3 is 0 Å². The predicted molar refractivity (Wildman–Crippen MR) is 55.5 cm³/mol. The van der Waals surface area contributed by atoms with Crippen molar-refractivity contribution in [3.8, 4) is 5.88 Å². The van der Waals surface area contributed by atoms with E-state index in [4.69, 9.17) is 4.74 Å². The molecule has 0 radical (unpaired) electrons. The highest BCUT2D eigenvalue weighted by atomic mass is 32.2. The molecule has 0 atom stereocenters. The Balaban J connectivity index is 1.96. The van der Waals surface area contributed by atoms with Gasteiger partial charge in [0.05, 0.1) is 19.0 Å². The number of hydrogen-bond acceptors (Lipinski definition) is 4. The van der Waals surface area contributed by atoms with Gasteiger partial charge < -0.3 is 10.1 Å². The Kier molecular flexibility index (Phi) is 2.59. The van der Waals surface area contributed by atoms with Crippen molar-refractivity contribution < 1.29 is 4.74 Å². The third kappa shape index (κ3) is 2.06. The number of methoxy groups -OCH3 is 1. The van der Waals surface area contributed by atoms with Gasteiger partial charge in [-0.15, -0.1) is 0 Å². The second-order valence-corrected chi connectivity index (χ2v) is 4.04. The molecule has 1 fully saturated rings. The first-order chi connectivity index (χ1) is 6.38. The predicted octanol–water partition coefficient (Wildman–Crippen LogP) is 1.62. The van der Waals surface area contributed by atoms with Gasteiger partial charge in [-0.25, -0.2) is 4.98 Å². The van der Waals surface area contributed by atoms with Crippen LogP contribution in [-0.2, 0) is 0 Å². The van der Waals surface area contributed by atoms with Crippen LogP contribution in [0.3, 0.4) is 0 Å². The molecule has 1 aliphatic heterocycles. The van der Waals surface area contributed by atoms with Crippen molar-refractivity contribution in [2.45, 2.75) is 6.04 Å². The number of anilines is 1. The van der Waals surface area contributed by atoms with E-state index >= 15 is 0 Å². The number of ether oxygens (including phenoxy) is 1. The maximum absolute atomic E-state index is 4.97. The molecule has 0 aliphatic carbocycles. The molecule has 2 rings (SSSR count). The molecule has 0 spiro atoms. The Labute approximate surface area is 81.9 Å². The third-order valence-electron chi connectivity index (χ3n) is 1.95. The second-order valence-electron chi connectivity index (χ2n) is 2.97. The maximum Gasteiger partial charge on any atom is 0.213 e. The summed E-state index contributed by atoms with van der Waals surface area (Å²) in [5.74, 6) is 3.06. The minimum absolute atomic E-state index is 0.625. The zero-order chi connectivity index (χ0) is 9.10. The van der Waals surface area contributed by atoms with E-state index in [1.165, 1.54) is 11.5 Å². The quantitative estimate of drug-likeness (QED) is 0.796. The van der Waals surface area contributed by atoms with Gasteiger partial charge in [-0.3, -0.25) is 0 Å². The highest BCUT2D eigenvalue weighted by Crippen LogP contribution is 2.22. The fraction of sp³-hybridized carbons (Fsp3) is 0.444. The van der Waals surface area contributed by atoms with Crippen LogP contribution in [0.5, 0.6) is 5.88 Å². The summed E-state index contributed by atoms with van der Waals surface area (Å²) in [5, 5.41) is 3.39. The van der Waals surface area contributed by atoms with Crippen LogP contribution in [0.2, 0.25) is 0 Å². The Morgan fingerprint density at radius 2 is 2.38 bits per heavy atom. The highest BCUT2D eigenvalue weighted by Gasteiger charge is 2.17. The highest BCUT2D eigenvalue weighted by molar-refractivity contribution is 8.00. The van der Waals surface area contributed by atoms with E-state index in [2.05, 4.69) is 10.3 Å². The molecule has 0 amide bonds. The van der Waals surface area contributed by atoms with Gasteiger partial charge in [0.1, 0.15) is 0 Å². The average Bonchev–Trinajstić information content (AvgIpc) is 2.12. The largest absolute Gasteiger partial charge is 0.481 e. The van der Waals surface area contributed by atoms with Gasteiger partial charge in [-0.1, -0.05) is 0 Å². The maximum atomic E-state index is 4.97. The van der Waals surface area contributed by atoms with Crippen LogP contribution in [0.25, 0.3) is 0 Å². The number of rotatable bonds is 3. The van der Waals surface area contributed by atoms with Gasteiger partial charge in [0.2, 0.25) is 5.88 Å². The van der Waals surface area contributed by atoms with Gasteiger partial charge in [0.25, 0.3) is 0 Å². The van der Waals surface area contributed by atoms with Gasteiger partial charge in [-0.2, -0.15) is 11.8 Å². The lowest BCUT2D eigenvalue weighted by Crippen LogP contribution is -2.33. The summed E-state index contributed by atoms with van der Waals surface area (Å²) in [7, 11) is 1.62. The Bertz CT molecular complexity index is 271. The topological polar surface area (TPSA) is 34.1 Å². The van der Waals surface area contributed by atoms with Crippen molar-refractivity contribution in [1.82, 2.24) is 4.98 Å². The van der Waals surface area contributed by atoms with Crippen LogP contribution in [0.15, 0.2) is 18.3 Å². The third-order valence-corrected chi connectivity index (χ3v) is 3.23. The SMILES string of the molecule is COc1ccc(NC2CSC2)cn1. The molecule has 1 saturated heterocycles. The molecule has 3 nitrogen and oxygen atoms in total. The molecule has 4 heteroatoms. The number of pyridine rings is 1. The zero-order valence-electron chi connectivity index (χ0n) is 7.49. The van der Waals surface area contributed by atoms with Crippen LogP contribution in [0, 0.1) is 0 Å². The van der Waals surface area contributed by atoms with Crippen molar-refractivity contribution in [2.24, 2.45) is 0 Å². The fourth-order valence-electron chi connectivity index (χ4n) is 1.14. The lowest BCUT2D eigenvalue weighted by Gasteiger charge is -2.26. The summed E-state index contributed by atoms with van der Waals surface area (Å²) in [6, 6.07) is 4.49. The fourth-order valence-corrected chi connectivity index (χ4v) is 1.78. The van der Waals surface area contributed by atoms with E-state index in [1.54, 1.807) is 7.11 Å². The average molecular weight is 196 g/mol. The van der Waals surface area contributed by atoms with E-state index in [0.29, 0.717) is 11.9 Å². The van der Waals surface area contributed by atoms with Gasteiger partial charge in [-0.05, 0) is 6.07 Å². The number of nitrogens with one attached hydrogen (secondary N) is 1. The minimum atomic E-state index is 0.625. The molecule has 1 aliphatic rings. The number of thioether (sulfide) groups is 1. The first-order valence-electron chi connectivity index (χ1n) is 4.23. The minimum Gasteiger partial charge on any atom is -0.481 e. The van der Waals surface area contributed by atoms with Crippen molar-refractivity contribution in [1.29, 1.82) is 0 Å². The number of aromatic nitrogens is 1. The molecule has 1 aromatic heterocycles. The number of nitrogens with zero attached hydrogens (tertiary/aromatic N) is 1. The first kappa shape index (κ1) is 8.69. The molecule has 0 bridgehead atoms. The van der Waals surface area contributed by atoms with Crippen LogP contribution in [-0.4, -0.2) is 29.6 Å². The van der Waals surface area contributed by atoms with Crippen molar-refractivity contribution in [3.05, 3.63) is 18.3 Å². The molecule has 0 aromatic carbocycles. The molecular formula is C9H12N2OS. The summed E-state index contributed by atoms with van der Waals surface area (Å²) in [5.41, 5.74) is 1.08. The van der Waals surface area contributed by atoms with Gasteiger partial charge in [0, 0.05) is 23.6 Å². The molecule has 1 aromatic rings. The van der Waals surface area contributed by atoms with Crippen molar-refractivity contribution in [3.63, 3.8) is 0 Å². The van der Waals surface area contributed by atoms with Crippen molar-refractivity contribution in [2.75, 3.05) is 23.9 Å². The van der Waals surface area contributed by atoms with Crippen LogP contribution < -0.4 is 10.1 Å². The summed E-state index contributed by atoms with van der Waals surface area (Å²) in [6.45, 7) is 0. The Hall–Kier alpha value is -0.900. The van der Waals surface area contributed by atoms with Crippen LogP contribution in [0.1, 0.15) is 0 Å². The van der Waals surface area contributed by atoms with E-state index in [0.717, 1.165) is 5.69 Å². The molecule has 13 heavy (non-hydrogen) atoms. The standard InChI is InChI=1S/C9H12N2OS/c1-12-9-3-2-7(4-10-9)11-8-5-13-6-8/h2-4,8,11H,5-6H2,1H3. The lowest BCUT2D eigenvalue weighted by atomic mass is 10.3. The molecule has 2 heterocycles. The smallest absolute Gasteiger partial charge is 0.213 e. The van der Waals surface area contributed by atoms with Gasteiger partial charge in [0.15, 0.2) is 0 Å². The van der Waals surface area contributed by atoms with Crippen LogP contribution >= 0.6 is 11.8 Å². The Morgan fingerprint density at radius 1 is 1.54 bits per heavy atom. The molecule has 1 N–H and O–H groups in total. The summed E-state index contributed by atoms with van der Waals surface area (Å²) >= 11 is 1.96. The van der Waals surface area contributed by atoms with E-state index in [9.17, 15) is 0 Å². The summed E-state index contributed by atoms with van der Waals surface area (Å²) in [6.07, 6.45) is 1.81. The monoisotopic (exact) mass is 196 g/mol. The molecule has 0 saturated carbocycles. The van der Waals surface area contributed by atoms with Crippen molar-refractivity contribution >= 4 is 17.4 Å². The summed E-state index contributed by atoms with van der Waals surface area (Å²) in [4.78, 5) is 4.12. The molecule has 0 unspecified atom stereocenters. The molecule has 70 valence electrons. The molecular weight excluding hydrogens is 184 g/mol. The Morgan fingerprint density at radius 3 is 2.85 bits per heavy atom. The summed E-state index contributed by atoms with van der Waals surface area (Å²) < 4.78 is 4.97. The first-order valence-corrected chi connectivity index (χ1v) is 5.38. The zero-order valence-corrected chi connectivity index (χ0v) is 8.30. The van der Waals surface area contributed by atoms with E-state index in [1.807, 2.05) is 30.1 Å². The number of hydrogen-bond donors (Lipinski definition) is 1. The van der Waals surface area contributed by atoms with E-state index in [-0.39, 0.29) is 0 Å².